The molecule has 0 spiro atoms. The van der Waals surface area contributed by atoms with E-state index in [-0.39, 0.29) is 0 Å². The van der Waals surface area contributed by atoms with Crippen LogP contribution in [0, 0.1) is 27.7 Å². The SMILES string of the molecule is Cc1cc(C)c(C)c([C@@H](c2cccs2)C(F)(F)F)c1C. The third-order valence-electron chi connectivity index (χ3n) is 3.87. The van der Waals surface area contributed by atoms with Crippen LogP contribution in [0.25, 0.3) is 0 Å². The van der Waals surface area contributed by atoms with Gasteiger partial charge in [0.15, 0.2) is 0 Å². The van der Waals surface area contributed by atoms with Crippen LogP contribution in [-0.4, -0.2) is 6.18 Å². The second-order valence-electron chi connectivity index (χ2n) is 5.16. The van der Waals surface area contributed by atoms with E-state index in [0.29, 0.717) is 10.4 Å². The fourth-order valence-corrected chi connectivity index (χ4v) is 3.46. The highest BCUT2D eigenvalue weighted by Gasteiger charge is 2.44. The van der Waals surface area contributed by atoms with Crippen LogP contribution in [0.1, 0.15) is 38.6 Å². The first kappa shape index (κ1) is 15.1. The molecule has 1 aromatic heterocycles. The second kappa shape index (κ2) is 5.24. The predicted octanol–water partition coefficient (Wildman–Crippen LogP) is 5.68. The van der Waals surface area contributed by atoms with Crippen LogP contribution in [0.3, 0.4) is 0 Å². The molecule has 0 fully saturated rings. The van der Waals surface area contributed by atoms with Gasteiger partial charge in [0.1, 0.15) is 5.92 Å². The molecule has 0 radical (unpaired) electrons. The molecule has 0 nitrogen and oxygen atoms in total. The van der Waals surface area contributed by atoms with E-state index in [1.165, 1.54) is 0 Å². The molecule has 2 aromatic rings. The lowest BCUT2D eigenvalue weighted by Gasteiger charge is -2.25. The number of hydrogen-bond acceptors (Lipinski definition) is 1. The summed E-state index contributed by atoms with van der Waals surface area (Å²) in [5.74, 6) is -1.53. The minimum Gasteiger partial charge on any atom is -0.170 e. The first-order valence-electron chi connectivity index (χ1n) is 6.41. The molecule has 0 saturated heterocycles. The molecule has 0 aliphatic heterocycles. The molecule has 4 heteroatoms. The van der Waals surface area contributed by atoms with E-state index in [2.05, 4.69) is 0 Å². The van der Waals surface area contributed by atoms with Crippen molar-refractivity contribution < 1.29 is 13.2 Å². The maximum Gasteiger partial charge on any atom is 0.400 e. The van der Waals surface area contributed by atoms with Crippen molar-refractivity contribution in [2.75, 3.05) is 0 Å². The molecule has 2 rings (SSSR count). The Hall–Kier alpha value is -1.29. The molecule has 0 aliphatic rings. The maximum atomic E-state index is 13.6. The van der Waals surface area contributed by atoms with Gasteiger partial charge in [0.25, 0.3) is 0 Å². The number of rotatable bonds is 2. The van der Waals surface area contributed by atoms with Crippen LogP contribution in [0.4, 0.5) is 13.2 Å². The Morgan fingerprint density at radius 2 is 1.55 bits per heavy atom. The molecule has 1 atom stereocenters. The molecule has 0 bridgehead atoms. The molecule has 0 aliphatic carbocycles. The summed E-state index contributed by atoms with van der Waals surface area (Å²) in [6.45, 7) is 7.30. The summed E-state index contributed by atoms with van der Waals surface area (Å²) in [4.78, 5) is 0.355. The van der Waals surface area contributed by atoms with E-state index in [1.807, 2.05) is 19.9 Å². The first-order chi connectivity index (χ1) is 9.23. The fraction of sp³-hybridized carbons (Fsp3) is 0.375. The van der Waals surface area contributed by atoms with E-state index in [0.717, 1.165) is 33.6 Å². The van der Waals surface area contributed by atoms with Crippen LogP contribution in [0.15, 0.2) is 23.6 Å². The molecule has 1 aromatic carbocycles. The topological polar surface area (TPSA) is 0 Å². The standard InChI is InChI=1S/C16H17F3S/c1-9-8-10(2)12(4)14(11(9)3)15(16(17,18)19)13-6-5-7-20-13/h5-8,15H,1-4H3/t15-/m1/s1. The molecule has 20 heavy (non-hydrogen) atoms. The molecular weight excluding hydrogens is 281 g/mol. The van der Waals surface area contributed by atoms with E-state index in [4.69, 9.17) is 0 Å². The van der Waals surface area contributed by atoms with Gasteiger partial charge in [-0.05, 0) is 67.0 Å². The quantitative estimate of drug-likeness (QED) is 0.669. The highest BCUT2D eigenvalue weighted by Crippen LogP contribution is 2.45. The molecule has 0 saturated carbocycles. The molecule has 0 amide bonds. The summed E-state index contributed by atoms with van der Waals surface area (Å²) in [7, 11) is 0. The normalized spacial score (nSPS) is 13.6. The molecule has 1 heterocycles. The minimum atomic E-state index is -4.28. The maximum absolute atomic E-state index is 13.6. The van der Waals surface area contributed by atoms with E-state index < -0.39 is 12.1 Å². The van der Waals surface area contributed by atoms with Crippen LogP contribution in [0.2, 0.25) is 0 Å². The van der Waals surface area contributed by atoms with Gasteiger partial charge in [-0.25, -0.2) is 0 Å². The van der Waals surface area contributed by atoms with Crippen LogP contribution >= 0.6 is 11.3 Å². The number of aryl methyl sites for hydroxylation is 2. The van der Waals surface area contributed by atoms with E-state index >= 15 is 0 Å². The van der Waals surface area contributed by atoms with Crippen molar-refractivity contribution >= 4 is 11.3 Å². The highest BCUT2D eigenvalue weighted by molar-refractivity contribution is 7.10. The zero-order valence-corrected chi connectivity index (χ0v) is 12.7. The monoisotopic (exact) mass is 298 g/mol. The number of alkyl halides is 3. The molecule has 0 N–H and O–H groups in total. The van der Waals surface area contributed by atoms with Crippen molar-refractivity contribution in [3.05, 3.63) is 56.3 Å². The van der Waals surface area contributed by atoms with Crippen molar-refractivity contribution in [3.8, 4) is 0 Å². The van der Waals surface area contributed by atoms with Gasteiger partial charge in [0.2, 0.25) is 0 Å². The average molecular weight is 298 g/mol. The fourth-order valence-electron chi connectivity index (χ4n) is 2.60. The summed E-state index contributed by atoms with van der Waals surface area (Å²) in [6.07, 6.45) is -4.28. The Kier molecular flexibility index (Phi) is 3.96. The minimum absolute atomic E-state index is 0.355. The van der Waals surface area contributed by atoms with Gasteiger partial charge in [-0.1, -0.05) is 12.1 Å². The molecule has 108 valence electrons. The van der Waals surface area contributed by atoms with Crippen molar-refractivity contribution in [1.82, 2.24) is 0 Å². The van der Waals surface area contributed by atoms with Crippen LogP contribution < -0.4 is 0 Å². The lowest BCUT2D eigenvalue weighted by molar-refractivity contribution is -0.140. The lowest BCUT2D eigenvalue weighted by atomic mass is 9.85. The Labute approximate surface area is 121 Å². The van der Waals surface area contributed by atoms with Gasteiger partial charge in [-0.2, -0.15) is 13.2 Å². The van der Waals surface area contributed by atoms with E-state index in [1.54, 1.807) is 31.4 Å². The van der Waals surface area contributed by atoms with Gasteiger partial charge in [-0.15, -0.1) is 11.3 Å². The van der Waals surface area contributed by atoms with Gasteiger partial charge in [0.05, 0.1) is 0 Å². The second-order valence-corrected chi connectivity index (χ2v) is 6.14. The Balaban J connectivity index is 2.74. The van der Waals surface area contributed by atoms with Crippen LogP contribution in [0.5, 0.6) is 0 Å². The number of benzene rings is 1. The van der Waals surface area contributed by atoms with E-state index in [9.17, 15) is 13.2 Å². The lowest BCUT2D eigenvalue weighted by Crippen LogP contribution is -2.23. The average Bonchev–Trinajstić information content (AvgIpc) is 2.83. The van der Waals surface area contributed by atoms with Crippen molar-refractivity contribution in [1.29, 1.82) is 0 Å². The Morgan fingerprint density at radius 1 is 1.00 bits per heavy atom. The summed E-state index contributed by atoms with van der Waals surface area (Å²) >= 11 is 1.16. The molecular formula is C16H17F3S. The third kappa shape index (κ3) is 2.62. The van der Waals surface area contributed by atoms with Crippen molar-refractivity contribution in [2.24, 2.45) is 0 Å². The summed E-state index contributed by atoms with van der Waals surface area (Å²) in [5, 5.41) is 1.70. The highest BCUT2D eigenvalue weighted by atomic mass is 32.1. The molecule has 0 unspecified atom stereocenters. The Morgan fingerprint density at radius 3 is 1.95 bits per heavy atom. The van der Waals surface area contributed by atoms with Crippen molar-refractivity contribution in [3.63, 3.8) is 0 Å². The summed E-state index contributed by atoms with van der Waals surface area (Å²) < 4.78 is 40.8. The van der Waals surface area contributed by atoms with Gasteiger partial charge in [0, 0.05) is 4.88 Å². The zero-order valence-electron chi connectivity index (χ0n) is 11.9. The van der Waals surface area contributed by atoms with Gasteiger partial charge >= 0.3 is 6.18 Å². The smallest absolute Gasteiger partial charge is 0.170 e. The number of halogens is 3. The first-order valence-corrected chi connectivity index (χ1v) is 7.29. The Bertz CT molecular complexity index is 583. The predicted molar refractivity (Wildman–Crippen MR) is 77.6 cm³/mol. The zero-order chi connectivity index (χ0) is 15.1. The summed E-state index contributed by atoms with van der Waals surface area (Å²) in [6, 6.07) is 5.20. The van der Waals surface area contributed by atoms with Crippen LogP contribution in [-0.2, 0) is 0 Å². The van der Waals surface area contributed by atoms with Gasteiger partial charge in [-0.3, -0.25) is 0 Å². The summed E-state index contributed by atoms with van der Waals surface area (Å²) in [5.41, 5.74) is 3.72. The van der Waals surface area contributed by atoms with Crippen molar-refractivity contribution in [2.45, 2.75) is 39.8 Å². The number of thiophene rings is 1. The van der Waals surface area contributed by atoms with Gasteiger partial charge < -0.3 is 0 Å². The number of hydrogen-bond donors (Lipinski definition) is 0. The largest absolute Gasteiger partial charge is 0.400 e. The third-order valence-corrected chi connectivity index (χ3v) is 4.80.